The van der Waals surface area contributed by atoms with E-state index in [1.54, 1.807) is 35.9 Å². The third kappa shape index (κ3) is 2.69. The van der Waals surface area contributed by atoms with Gasteiger partial charge in [0.05, 0.1) is 10.0 Å². The number of rotatable bonds is 1. The number of hydrogen-bond donors (Lipinski definition) is 0. The molecule has 4 nitrogen and oxygen atoms in total. The lowest BCUT2D eigenvalue weighted by atomic mass is 10.1. The molecule has 1 heterocycles. The van der Waals surface area contributed by atoms with Crippen LogP contribution in [0.1, 0.15) is 17.3 Å². The van der Waals surface area contributed by atoms with Crippen molar-refractivity contribution in [3.05, 3.63) is 33.8 Å². The van der Waals surface area contributed by atoms with Crippen LogP contribution in [0.25, 0.3) is 0 Å². The number of nitrogens with zero attached hydrogens (tertiary/aromatic N) is 2. The Morgan fingerprint density at radius 1 is 1.26 bits per heavy atom. The Kier molecular flexibility index (Phi) is 4.02. The van der Waals surface area contributed by atoms with Crippen LogP contribution >= 0.6 is 23.2 Å². The predicted molar refractivity (Wildman–Crippen MR) is 74.6 cm³/mol. The second-order valence-electron chi connectivity index (χ2n) is 4.56. The summed E-state index contributed by atoms with van der Waals surface area (Å²) in [5, 5.41) is 0.737. The second-order valence-corrected chi connectivity index (χ2v) is 5.38. The van der Waals surface area contributed by atoms with Gasteiger partial charge in [0.15, 0.2) is 0 Å². The summed E-state index contributed by atoms with van der Waals surface area (Å²) in [7, 11) is 1.74. The third-order valence-electron chi connectivity index (χ3n) is 3.30. The van der Waals surface area contributed by atoms with E-state index >= 15 is 0 Å². The highest BCUT2D eigenvalue weighted by atomic mass is 35.5. The third-order valence-corrected chi connectivity index (χ3v) is 4.04. The van der Waals surface area contributed by atoms with Crippen molar-refractivity contribution in [1.82, 2.24) is 9.80 Å². The van der Waals surface area contributed by atoms with Gasteiger partial charge in [-0.25, -0.2) is 0 Å². The molecule has 1 atom stereocenters. The number of halogens is 2. The minimum Gasteiger partial charge on any atom is -0.342 e. The van der Waals surface area contributed by atoms with Gasteiger partial charge in [-0.2, -0.15) is 0 Å². The van der Waals surface area contributed by atoms with Crippen LogP contribution in [0.3, 0.4) is 0 Å². The van der Waals surface area contributed by atoms with E-state index in [-0.39, 0.29) is 11.8 Å². The molecule has 1 saturated heterocycles. The average Bonchev–Trinajstić information content (AvgIpc) is 2.39. The smallest absolute Gasteiger partial charge is 0.254 e. The fraction of sp³-hybridized carbons (Fsp3) is 0.385. The number of amides is 2. The molecule has 19 heavy (non-hydrogen) atoms. The molecule has 2 amide bonds. The van der Waals surface area contributed by atoms with Gasteiger partial charge < -0.3 is 9.80 Å². The highest BCUT2D eigenvalue weighted by molar-refractivity contribution is 6.42. The Morgan fingerprint density at radius 3 is 2.58 bits per heavy atom. The molecular formula is C13H14Cl2N2O2. The zero-order valence-electron chi connectivity index (χ0n) is 10.7. The molecule has 0 bridgehead atoms. The quantitative estimate of drug-likeness (QED) is 0.798. The van der Waals surface area contributed by atoms with Crippen molar-refractivity contribution in [3.8, 4) is 0 Å². The number of piperazine rings is 1. The molecule has 2 rings (SSSR count). The van der Waals surface area contributed by atoms with Crippen LogP contribution in [0.5, 0.6) is 0 Å². The first kappa shape index (κ1) is 14.2. The van der Waals surface area contributed by atoms with Gasteiger partial charge in [-0.3, -0.25) is 9.59 Å². The molecule has 1 aromatic rings. The van der Waals surface area contributed by atoms with Crippen LogP contribution in [-0.2, 0) is 4.79 Å². The van der Waals surface area contributed by atoms with Gasteiger partial charge in [0, 0.05) is 25.7 Å². The Labute approximate surface area is 121 Å². The zero-order chi connectivity index (χ0) is 14.2. The van der Waals surface area contributed by atoms with E-state index in [2.05, 4.69) is 0 Å². The minimum atomic E-state index is -0.458. The maximum Gasteiger partial charge on any atom is 0.254 e. The Bertz CT molecular complexity index is 533. The molecule has 1 unspecified atom stereocenters. The van der Waals surface area contributed by atoms with Crippen molar-refractivity contribution < 1.29 is 9.59 Å². The van der Waals surface area contributed by atoms with Crippen LogP contribution in [0.2, 0.25) is 10.0 Å². The molecule has 0 N–H and O–H groups in total. The highest BCUT2D eigenvalue weighted by Gasteiger charge is 2.32. The van der Waals surface area contributed by atoms with E-state index in [0.29, 0.717) is 28.7 Å². The molecule has 1 aromatic carbocycles. The summed E-state index contributed by atoms with van der Waals surface area (Å²) in [5.74, 6) is -0.257. The first-order valence-electron chi connectivity index (χ1n) is 5.93. The van der Waals surface area contributed by atoms with E-state index < -0.39 is 6.04 Å². The topological polar surface area (TPSA) is 40.6 Å². The van der Waals surface area contributed by atoms with Gasteiger partial charge in [0.2, 0.25) is 5.91 Å². The molecule has 0 aromatic heterocycles. The molecule has 0 spiro atoms. The Morgan fingerprint density at radius 2 is 1.95 bits per heavy atom. The van der Waals surface area contributed by atoms with Crippen molar-refractivity contribution >= 4 is 35.0 Å². The highest BCUT2D eigenvalue weighted by Crippen LogP contribution is 2.24. The first-order chi connectivity index (χ1) is 8.91. The van der Waals surface area contributed by atoms with E-state index in [9.17, 15) is 9.59 Å². The molecular weight excluding hydrogens is 287 g/mol. The minimum absolute atomic E-state index is 0.0559. The summed E-state index contributed by atoms with van der Waals surface area (Å²) in [6, 6.07) is 4.27. The number of benzene rings is 1. The molecule has 1 fully saturated rings. The fourth-order valence-electron chi connectivity index (χ4n) is 2.09. The summed E-state index contributed by atoms with van der Waals surface area (Å²) >= 11 is 11.7. The lowest BCUT2D eigenvalue weighted by molar-refractivity contribution is -0.137. The van der Waals surface area contributed by atoms with E-state index in [0.717, 1.165) is 0 Å². The Balaban J connectivity index is 2.24. The van der Waals surface area contributed by atoms with Gasteiger partial charge in [0.1, 0.15) is 6.04 Å². The molecule has 1 aliphatic heterocycles. The van der Waals surface area contributed by atoms with Crippen molar-refractivity contribution in [2.24, 2.45) is 0 Å². The molecule has 1 aliphatic rings. The molecule has 0 radical (unpaired) electrons. The van der Waals surface area contributed by atoms with E-state index in [1.165, 1.54) is 6.07 Å². The molecule has 102 valence electrons. The van der Waals surface area contributed by atoms with E-state index in [1.807, 2.05) is 0 Å². The van der Waals surface area contributed by atoms with Crippen molar-refractivity contribution in [1.29, 1.82) is 0 Å². The lowest BCUT2D eigenvalue weighted by Gasteiger charge is -2.37. The lowest BCUT2D eigenvalue weighted by Crippen LogP contribution is -2.56. The van der Waals surface area contributed by atoms with Crippen LogP contribution in [-0.4, -0.2) is 47.8 Å². The predicted octanol–water partition coefficient (Wildman–Crippen LogP) is 2.30. The summed E-state index contributed by atoms with van der Waals surface area (Å²) in [5.41, 5.74) is 0.443. The fourth-order valence-corrected chi connectivity index (χ4v) is 2.38. The second kappa shape index (κ2) is 5.39. The SMILES string of the molecule is CC1C(=O)N(C)CCN1C(=O)c1ccc(Cl)c(Cl)c1. The summed E-state index contributed by atoms with van der Waals surface area (Å²) in [6.45, 7) is 2.78. The summed E-state index contributed by atoms with van der Waals surface area (Å²) in [4.78, 5) is 27.4. The van der Waals surface area contributed by atoms with E-state index in [4.69, 9.17) is 23.2 Å². The molecule has 6 heteroatoms. The Hall–Kier alpha value is -1.26. The van der Waals surface area contributed by atoms with Gasteiger partial charge in [-0.15, -0.1) is 0 Å². The van der Waals surface area contributed by atoms with Crippen LogP contribution in [0, 0.1) is 0 Å². The van der Waals surface area contributed by atoms with Gasteiger partial charge >= 0.3 is 0 Å². The average molecular weight is 301 g/mol. The van der Waals surface area contributed by atoms with Gasteiger partial charge in [0.25, 0.3) is 5.91 Å². The van der Waals surface area contributed by atoms with Gasteiger partial charge in [-0.05, 0) is 25.1 Å². The summed E-state index contributed by atoms with van der Waals surface area (Å²) in [6.07, 6.45) is 0. The van der Waals surface area contributed by atoms with Crippen molar-refractivity contribution in [2.75, 3.05) is 20.1 Å². The number of carbonyl (C=O) groups excluding carboxylic acids is 2. The van der Waals surface area contributed by atoms with Crippen LogP contribution < -0.4 is 0 Å². The number of likely N-dealkylation sites (N-methyl/N-ethyl adjacent to an activating group) is 1. The standard InChI is InChI=1S/C13H14Cl2N2O2/c1-8-12(18)16(2)5-6-17(8)13(19)9-3-4-10(14)11(15)7-9/h3-4,7-8H,5-6H2,1-2H3. The maximum absolute atomic E-state index is 12.4. The zero-order valence-corrected chi connectivity index (χ0v) is 12.2. The maximum atomic E-state index is 12.4. The largest absolute Gasteiger partial charge is 0.342 e. The van der Waals surface area contributed by atoms with Crippen LogP contribution in [0.15, 0.2) is 18.2 Å². The normalized spacial score (nSPS) is 19.8. The molecule has 0 saturated carbocycles. The monoisotopic (exact) mass is 300 g/mol. The van der Waals surface area contributed by atoms with Crippen LogP contribution in [0.4, 0.5) is 0 Å². The van der Waals surface area contributed by atoms with Gasteiger partial charge in [-0.1, -0.05) is 23.2 Å². The van der Waals surface area contributed by atoms with Crippen molar-refractivity contribution in [3.63, 3.8) is 0 Å². The summed E-state index contributed by atoms with van der Waals surface area (Å²) < 4.78 is 0. The molecule has 0 aliphatic carbocycles. The first-order valence-corrected chi connectivity index (χ1v) is 6.68. The van der Waals surface area contributed by atoms with Crippen molar-refractivity contribution in [2.45, 2.75) is 13.0 Å². The number of hydrogen-bond acceptors (Lipinski definition) is 2. The number of carbonyl (C=O) groups is 2.